The standard InChI is InChI=1S/COP.Na/c2-1-3;/q-1;+1. The van der Waals surface area contributed by atoms with E-state index in [2.05, 4.69) is 8.86 Å². The molecule has 0 spiro atoms. The van der Waals surface area contributed by atoms with Crippen LogP contribution in [0.15, 0.2) is 0 Å². The van der Waals surface area contributed by atoms with Crippen LogP contribution in [-0.4, -0.2) is 5.66 Å². The Morgan fingerprint density at radius 1 is 1.75 bits per heavy atom. The number of carbonyl (C=O) groups excluding carboxylic acids is 1. The summed E-state index contributed by atoms with van der Waals surface area (Å²) in [5, 5.41) is 0. The molecule has 0 aliphatic carbocycles. The summed E-state index contributed by atoms with van der Waals surface area (Å²) in [4.78, 5) is 8.54. The van der Waals surface area contributed by atoms with Gasteiger partial charge in [-0.2, -0.15) is 0 Å². The molecule has 0 saturated carbocycles. The minimum atomic E-state index is 0. The Bertz CT molecular complexity index is 29.0. The van der Waals surface area contributed by atoms with Crippen LogP contribution in [0.1, 0.15) is 0 Å². The van der Waals surface area contributed by atoms with Crippen molar-refractivity contribution in [1.82, 2.24) is 0 Å². The van der Waals surface area contributed by atoms with E-state index in [1.54, 1.807) is 0 Å². The minimum absolute atomic E-state index is 0. The van der Waals surface area contributed by atoms with Gasteiger partial charge in [0.05, 0.1) is 0 Å². The summed E-state index contributed by atoms with van der Waals surface area (Å²) in [6.07, 6.45) is 0. The monoisotopic (exact) mass is 82.0 g/mol. The Morgan fingerprint density at radius 3 is 1.75 bits per heavy atom. The van der Waals surface area contributed by atoms with Crippen LogP contribution in [0.25, 0.3) is 0 Å². The van der Waals surface area contributed by atoms with Gasteiger partial charge < -0.3 is 8.86 Å². The molecule has 0 unspecified atom stereocenters. The van der Waals surface area contributed by atoms with Crippen molar-refractivity contribution in [3.8, 4) is 0 Å². The van der Waals surface area contributed by atoms with Gasteiger partial charge in [0.15, 0.2) is 0 Å². The second-order valence-corrected chi connectivity index (χ2v) is 0.274. The second-order valence-electron chi connectivity index (χ2n) is 0.0913. The molecule has 0 radical (unpaired) electrons. The van der Waals surface area contributed by atoms with Gasteiger partial charge in [0.2, 0.25) is 0 Å². The van der Waals surface area contributed by atoms with E-state index in [4.69, 9.17) is 4.79 Å². The molecule has 0 aliphatic rings. The summed E-state index contributed by atoms with van der Waals surface area (Å²) in [6, 6.07) is 0. The predicted molar refractivity (Wildman–Crippen MR) is 12.6 cm³/mol. The summed E-state index contributed by atoms with van der Waals surface area (Å²) in [5.41, 5.74) is 1.19. The second kappa shape index (κ2) is 9.11. The Kier molecular flexibility index (Phi) is 20.2. The van der Waals surface area contributed by atoms with Crippen LogP contribution < -0.4 is 29.6 Å². The van der Waals surface area contributed by atoms with Crippen molar-refractivity contribution in [2.75, 3.05) is 0 Å². The van der Waals surface area contributed by atoms with Gasteiger partial charge in [0.1, 0.15) is 0 Å². The van der Waals surface area contributed by atoms with Crippen LogP contribution in [0.3, 0.4) is 0 Å². The van der Waals surface area contributed by atoms with Gasteiger partial charge >= 0.3 is 29.6 Å². The maximum absolute atomic E-state index is 8.54. The van der Waals surface area contributed by atoms with Gasteiger partial charge in [0.25, 0.3) is 0 Å². The molecule has 0 heterocycles. The van der Waals surface area contributed by atoms with Gasteiger partial charge in [0, 0.05) is 0 Å². The van der Waals surface area contributed by atoms with Crippen LogP contribution in [0.4, 0.5) is 0 Å². The van der Waals surface area contributed by atoms with E-state index in [0.717, 1.165) is 0 Å². The van der Waals surface area contributed by atoms with Crippen molar-refractivity contribution in [3.63, 3.8) is 0 Å². The van der Waals surface area contributed by atoms with Crippen LogP contribution in [-0.2, 0) is 4.79 Å². The normalized spacial score (nSPS) is 2.00. The summed E-state index contributed by atoms with van der Waals surface area (Å²) in [6.45, 7) is 0. The van der Waals surface area contributed by atoms with Crippen molar-refractivity contribution in [3.05, 3.63) is 0 Å². The quantitative estimate of drug-likeness (QED) is 0.232. The van der Waals surface area contributed by atoms with E-state index in [1.807, 2.05) is 0 Å². The molecule has 0 aromatic rings. The molecular formula is CNaOP. The Morgan fingerprint density at radius 2 is 1.75 bits per heavy atom. The first-order chi connectivity index (χ1) is 1.41. The fourth-order valence-electron chi connectivity index (χ4n) is 0. The van der Waals surface area contributed by atoms with Crippen molar-refractivity contribution in [2.24, 2.45) is 0 Å². The van der Waals surface area contributed by atoms with Gasteiger partial charge in [-0.1, -0.05) is 0 Å². The van der Waals surface area contributed by atoms with Crippen LogP contribution in [0.5, 0.6) is 0 Å². The van der Waals surface area contributed by atoms with Gasteiger partial charge in [-0.15, -0.1) is 5.66 Å². The number of hydrogen-bond donors (Lipinski definition) is 0. The molecule has 0 rings (SSSR count). The summed E-state index contributed by atoms with van der Waals surface area (Å²) in [7, 11) is 2.98. The molecule has 0 saturated heterocycles. The number of rotatable bonds is 0. The first-order valence-corrected chi connectivity index (χ1v) is 0.875. The smallest absolute Gasteiger partial charge is 0.623 e. The van der Waals surface area contributed by atoms with Crippen LogP contribution in [0, 0.1) is 0 Å². The Balaban J connectivity index is 0. The third-order valence-electron chi connectivity index (χ3n) is 0. The van der Waals surface area contributed by atoms with Crippen molar-refractivity contribution < 1.29 is 34.4 Å². The maximum Gasteiger partial charge on any atom is 1.00 e. The van der Waals surface area contributed by atoms with E-state index in [1.165, 1.54) is 5.66 Å². The van der Waals surface area contributed by atoms with E-state index < -0.39 is 0 Å². The first-order valence-electron chi connectivity index (χ1n) is 0.428. The molecule has 0 aromatic carbocycles. The molecule has 1 nitrogen and oxygen atoms in total. The third kappa shape index (κ3) is 13.1. The molecule has 0 fully saturated rings. The SMILES string of the molecule is O=C=[P-].[Na+]. The topological polar surface area (TPSA) is 17.1 Å². The van der Waals surface area contributed by atoms with Gasteiger partial charge in [-0.3, -0.25) is 4.79 Å². The van der Waals surface area contributed by atoms with Crippen LogP contribution in [0.2, 0.25) is 0 Å². The molecule has 0 N–H and O–H groups in total. The average Bonchev–Trinajstić information content (AvgIpc) is 0.918. The molecule has 4 heavy (non-hydrogen) atoms. The zero-order valence-corrected chi connectivity index (χ0v) is 5.25. The molecular weight excluding hydrogens is 82.0 g/mol. The molecule has 0 amide bonds. The third-order valence-corrected chi connectivity index (χ3v) is 0. The Labute approximate surface area is 48.9 Å². The summed E-state index contributed by atoms with van der Waals surface area (Å²) in [5.74, 6) is 0. The molecule has 0 atom stereocenters. The fraction of sp³-hybridized carbons (Fsp3) is 0. The first kappa shape index (κ1) is 8.86. The summed E-state index contributed by atoms with van der Waals surface area (Å²) >= 11 is 0. The van der Waals surface area contributed by atoms with Crippen molar-refractivity contribution in [1.29, 1.82) is 0 Å². The van der Waals surface area contributed by atoms with Crippen LogP contribution >= 0.6 is 8.86 Å². The average molecular weight is 82.0 g/mol. The van der Waals surface area contributed by atoms with E-state index in [0.29, 0.717) is 0 Å². The zero-order valence-electron chi connectivity index (χ0n) is 2.36. The van der Waals surface area contributed by atoms with E-state index in [-0.39, 0.29) is 29.6 Å². The minimum Gasteiger partial charge on any atom is -0.623 e. The zero-order chi connectivity index (χ0) is 2.71. The maximum atomic E-state index is 8.54. The predicted octanol–water partition coefficient (Wildman–Crippen LogP) is -2.53. The largest absolute Gasteiger partial charge is 1.00 e. The van der Waals surface area contributed by atoms with Gasteiger partial charge in [-0.25, -0.2) is 0 Å². The number of hydrogen-bond acceptors (Lipinski definition) is 1. The molecule has 0 bridgehead atoms. The van der Waals surface area contributed by atoms with E-state index in [9.17, 15) is 0 Å². The molecule has 3 heteroatoms. The van der Waals surface area contributed by atoms with Crippen molar-refractivity contribution >= 4 is 14.5 Å². The van der Waals surface area contributed by atoms with Crippen molar-refractivity contribution in [2.45, 2.75) is 0 Å². The molecule has 16 valence electrons. The molecule has 0 aliphatic heterocycles. The molecule has 0 aromatic heterocycles. The van der Waals surface area contributed by atoms with Gasteiger partial charge in [-0.05, 0) is 0 Å². The summed E-state index contributed by atoms with van der Waals surface area (Å²) < 4.78 is 0. The Hall–Kier alpha value is 0.880. The van der Waals surface area contributed by atoms with E-state index >= 15 is 0 Å². The fourth-order valence-corrected chi connectivity index (χ4v) is 0.